The van der Waals surface area contributed by atoms with Crippen LogP contribution in [0.1, 0.15) is 382 Å². The number of ether oxygens (including phenoxy) is 4. The molecule has 0 radical (unpaired) electrons. The van der Waals surface area contributed by atoms with Gasteiger partial charge in [-0.15, -0.1) is 0 Å². The number of aliphatic hydroxyl groups excluding tert-OH is 1. The SMILES string of the molecule is CCCCCC/C=C\C=C/CCCCCCCC(=O)OC[C@H](COP(=O)(O)OC[C@@H](O)COP(=O)(O)OC[C@@H](COC(=O)CCCCCCCCCC(C)C)OC(=O)CCCCCCCCCCCCC(C)CC)OC(=O)CCCCCCCCCCCCCCCCCCCC. The Morgan fingerprint density at radius 3 is 0.928 bits per heavy atom. The van der Waals surface area contributed by atoms with Gasteiger partial charge in [0.05, 0.1) is 26.4 Å². The molecule has 97 heavy (non-hydrogen) atoms. The van der Waals surface area contributed by atoms with Gasteiger partial charge in [0.2, 0.25) is 0 Å². The Bertz CT molecular complexity index is 1970. The van der Waals surface area contributed by atoms with E-state index < -0.39 is 97.5 Å². The summed E-state index contributed by atoms with van der Waals surface area (Å²) in [4.78, 5) is 72.9. The largest absolute Gasteiger partial charge is 0.472 e. The molecule has 6 atom stereocenters. The lowest BCUT2D eigenvalue weighted by Gasteiger charge is -2.21. The van der Waals surface area contributed by atoms with Gasteiger partial charge in [-0.2, -0.15) is 0 Å². The number of rotatable bonds is 75. The molecule has 0 saturated heterocycles. The molecule has 19 heteroatoms. The van der Waals surface area contributed by atoms with E-state index in [9.17, 15) is 43.2 Å². The van der Waals surface area contributed by atoms with Gasteiger partial charge in [0, 0.05) is 25.7 Å². The molecular formula is C78H148O17P2. The fraction of sp³-hybridized carbons (Fsp3) is 0.897. The number of esters is 4. The van der Waals surface area contributed by atoms with Crippen molar-refractivity contribution in [2.24, 2.45) is 11.8 Å². The Morgan fingerprint density at radius 1 is 0.340 bits per heavy atom. The van der Waals surface area contributed by atoms with Crippen LogP contribution in [0.2, 0.25) is 0 Å². The molecule has 3 N–H and O–H groups in total. The predicted octanol–water partition coefficient (Wildman–Crippen LogP) is 22.7. The summed E-state index contributed by atoms with van der Waals surface area (Å²) in [6.07, 6.45) is 60.5. The van der Waals surface area contributed by atoms with Crippen molar-refractivity contribution in [3.05, 3.63) is 24.3 Å². The highest BCUT2D eigenvalue weighted by Crippen LogP contribution is 2.45. The normalized spacial score (nSPS) is 14.4. The molecule has 0 saturated carbocycles. The van der Waals surface area contributed by atoms with E-state index in [1.807, 2.05) is 0 Å². The van der Waals surface area contributed by atoms with Crippen molar-refractivity contribution in [3.8, 4) is 0 Å². The molecule has 17 nitrogen and oxygen atoms in total. The first-order chi connectivity index (χ1) is 46.9. The maximum Gasteiger partial charge on any atom is 0.472 e. The van der Waals surface area contributed by atoms with Crippen molar-refractivity contribution in [1.82, 2.24) is 0 Å². The summed E-state index contributed by atoms with van der Waals surface area (Å²) < 4.78 is 68.5. The molecule has 0 aliphatic rings. The first-order valence-electron chi connectivity index (χ1n) is 39.8. The number of hydrogen-bond donors (Lipinski definition) is 3. The van der Waals surface area contributed by atoms with Gasteiger partial charge in [-0.25, -0.2) is 9.13 Å². The predicted molar refractivity (Wildman–Crippen MR) is 395 cm³/mol. The van der Waals surface area contributed by atoms with Crippen molar-refractivity contribution in [3.63, 3.8) is 0 Å². The maximum absolute atomic E-state index is 13.1. The van der Waals surface area contributed by atoms with Crippen LogP contribution >= 0.6 is 15.6 Å². The highest BCUT2D eigenvalue weighted by Gasteiger charge is 2.30. The van der Waals surface area contributed by atoms with Crippen LogP contribution in [0, 0.1) is 11.8 Å². The van der Waals surface area contributed by atoms with Crippen LogP contribution in [0.3, 0.4) is 0 Å². The van der Waals surface area contributed by atoms with E-state index in [1.165, 1.54) is 173 Å². The standard InChI is InChI=1S/C78H148O17P2/c1-7-10-12-14-16-18-20-22-24-25-26-28-30-32-37-43-50-56-62-77(82)94-73(66-88-75(80)60-54-48-42-36-31-29-27-23-21-19-17-15-13-11-8-2)68-92-96(84,85)90-64-72(79)65-91-97(86,87)93-69-74(67-89-76(81)61-55-49-45-39-40-46-52-58-70(4)5)95-78(83)63-57-51-44-38-34-33-35-41-47-53-59-71(6)9-3/h19,21,23,27,70-74,79H,7-18,20,22,24-26,28-69H2,1-6H3,(H,84,85)(H,86,87)/b21-19-,27-23-/t71?,72-,73-,74-/m1/s1. The van der Waals surface area contributed by atoms with E-state index in [-0.39, 0.29) is 25.7 Å². The van der Waals surface area contributed by atoms with Gasteiger partial charge in [0.25, 0.3) is 0 Å². The van der Waals surface area contributed by atoms with Crippen molar-refractivity contribution >= 4 is 39.5 Å². The van der Waals surface area contributed by atoms with E-state index in [2.05, 4.69) is 65.8 Å². The molecule has 0 rings (SSSR count). The topological polar surface area (TPSA) is 237 Å². The number of phosphoric acid groups is 2. The van der Waals surface area contributed by atoms with Crippen LogP contribution in [0.5, 0.6) is 0 Å². The number of carbonyl (C=O) groups is 4. The average Bonchev–Trinajstić information content (AvgIpc) is 2.49. The average molecular weight is 1420 g/mol. The fourth-order valence-corrected chi connectivity index (χ4v) is 13.0. The van der Waals surface area contributed by atoms with Gasteiger partial charge in [-0.1, -0.05) is 329 Å². The number of aliphatic hydroxyl groups is 1. The Morgan fingerprint density at radius 2 is 0.608 bits per heavy atom. The molecule has 0 fully saturated rings. The minimum Gasteiger partial charge on any atom is -0.462 e. The lowest BCUT2D eigenvalue weighted by atomic mass is 9.99. The van der Waals surface area contributed by atoms with Gasteiger partial charge in [-0.05, 0) is 63.2 Å². The van der Waals surface area contributed by atoms with Crippen LogP contribution in [-0.2, 0) is 65.4 Å². The highest BCUT2D eigenvalue weighted by molar-refractivity contribution is 7.47. The van der Waals surface area contributed by atoms with Crippen LogP contribution in [-0.4, -0.2) is 96.7 Å². The van der Waals surface area contributed by atoms with Crippen LogP contribution in [0.15, 0.2) is 24.3 Å². The molecule has 0 bridgehead atoms. The zero-order valence-corrected chi connectivity index (χ0v) is 64.7. The molecule has 0 amide bonds. The number of allylic oxidation sites excluding steroid dienone is 4. The lowest BCUT2D eigenvalue weighted by molar-refractivity contribution is -0.161. The molecule has 0 aromatic heterocycles. The lowest BCUT2D eigenvalue weighted by Crippen LogP contribution is -2.30. The van der Waals surface area contributed by atoms with E-state index in [1.54, 1.807) is 0 Å². The number of phosphoric ester groups is 2. The van der Waals surface area contributed by atoms with Crippen molar-refractivity contribution < 1.29 is 80.2 Å². The minimum absolute atomic E-state index is 0.101. The third-order valence-corrected chi connectivity index (χ3v) is 19.8. The summed E-state index contributed by atoms with van der Waals surface area (Å²) in [7, 11) is -9.93. The summed E-state index contributed by atoms with van der Waals surface area (Å²) in [5.41, 5.74) is 0. The van der Waals surface area contributed by atoms with Gasteiger partial charge >= 0.3 is 39.5 Å². The molecule has 0 spiro atoms. The molecule has 572 valence electrons. The van der Waals surface area contributed by atoms with Crippen LogP contribution < -0.4 is 0 Å². The first kappa shape index (κ1) is 94.5. The number of hydrogen-bond acceptors (Lipinski definition) is 15. The summed E-state index contributed by atoms with van der Waals surface area (Å²) >= 11 is 0. The second-order valence-electron chi connectivity index (χ2n) is 28.1. The highest BCUT2D eigenvalue weighted by atomic mass is 31.2. The quantitative estimate of drug-likeness (QED) is 0.0169. The monoisotopic (exact) mass is 1420 g/mol. The minimum atomic E-state index is -4.97. The molecule has 0 heterocycles. The number of carbonyl (C=O) groups excluding carboxylic acids is 4. The summed E-state index contributed by atoms with van der Waals surface area (Å²) in [6.45, 7) is 9.51. The molecule has 0 aromatic carbocycles. The molecular weight excluding hydrogens is 1270 g/mol. The van der Waals surface area contributed by atoms with E-state index in [0.29, 0.717) is 31.6 Å². The Balaban J connectivity index is 5.28. The van der Waals surface area contributed by atoms with Crippen molar-refractivity contribution in [2.45, 2.75) is 400 Å². The van der Waals surface area contributed by atoms with Gasteiger partial charge in [0.15, 0.2) is 12.2 Å². The van der Waals surface area contributed by atoms with Gasteiger partial charge in [0.1, 0.15) is 19.3 Å². The van der Waals surface area contributed by atoms with E-state index in [4.69, 9.17) is 37.0 Å². The Hall–Kier alpha value is -2.46. The molecule has 0 aliphatic heterocycles. The fourth-order valence-electron chi connectivity index (χ4n) is 11.4. The van der Waals surface area contributed by atoms with Gasteiger partial charge < -0.3 is 33.8 Å². The zero-order valence-electron chi connectivity index (χ0n) is 62.9. The number of unbranched alkanes of at least 4 members (excludes halogenated alkanes) is 41. The zero-order chi connectivity index (χ0) is 71.4. The second kappa shape index (κ2) is 69.3. The van der Waals surface area contributed by atoms with Crippen LogP contribution in [0.25, 0.3) is 0 Å². The smallest absolute Gasteiger partial charge is 0.462 e. The van der Waals surface area contributed by atoms with Crippen LogP contribution in [0.4, 0.5) is 0 Å². The first-order valence-corrected chi connectivity index (χ1v) is 42.8. The maximum atomic E-state index is 13.1. The Kier molecular flexibility index (Phi) is 67.5. The summed E-state index contributed by atoms with van der Waals surface area (Å²) in [5.74, 6) is -0.640. The second-order valence-corrected chi connectivity index (χ2v) is 31.0. The van der Waals surface area contributed by atoms with Gasteiger partial charge in [-0.3, -0.25) is 37.3 Å². The third kappa shape index (κ3) is 70.4. The van der Waals surface area contributed by atoms with Crippen molar-refractivity contribution in [1.29, 1.82) is 0 Å². The third-order valence-electron chi connectivity index (χ3n) is 17.9. The van der Waals surface area contributed by atoms with Crippen molar-refractivity contribution in [2.75, 3.05) is 39.6 Å². The summed E-state index contributed by atoms with van der Waals surface area (Å²) in [6, 6.07) is 0. The molecule has 0 aliphatic carbocycles. The van der Waals surface area contributed by atoms with E-state index >= 15 is 0 Å². The molecule has 3 unspecified atom stereocenters. The molecule has 0 aromatic rings. The summed E-state index contributed by atoms with van der Waals surface area (Å²) in [5, 5.41) is 10.6. The van der Waals surface area contributed by atoms with E-state index in [0.717, 1.165) is 121 Å². The Labute approximate surface area is 592 Å².